The molecule has 0 saturated heterocycles. The first-order valence-corrected chi connectivity index (χ1v) is 7.29. The summed E-state index contributed by atoms with van der Waals surface area (Å²) in [6, 6.07) is -0.0174. The van der Waals surface area contributed by atoms with Crippen LogP contribution in [-0.2, 0) is 19.6 Å². The number of aliphatic hydroxyl groups excluding tert-OH is 1. The molecule has 1 aliphatic carbocycles. The highest BCUT2D eigenvalue weighted by atomic mass is 32.2. The number of rotatable bonds is 7. The lowest BCUT2D eigenvalue weighted by Crippen LogP contribution is -2.46. The van der Waals surface area contributed by atoms with E-state index in [2.05, 4.69) is 4.74 Å². The van der Waals surface area contributed by atoms with Crippen molar-refractivity contribution in [3.05, 3.63) is 0 Å². The van der Waals surface area contributed by atoms with Crippen molar-refractivity contribution in [2.75, 3.05) is 26.0 Å². The zero-order valence-electron chi connectivity index (χ0n) is 9.96. The van der Waals surface area contributed by atoms with Crippen molar-refractivity contribution in [1.29, 1.82) is 0 Å². The van der Waals surface area contributed by atoms with Gasteiger partial charge in [0.15, 0.2) is 5.75 Å². The van der Waals surface area contributed by atoms with Crippen LogP contribution in [0, 0.1) is 0 Å². The molecule has 0 aromatic heterocycles. The van der Waals surface area contributed by atoms with Gasteiger partial charge in [-0.25, -0.2) is 8.42 Å². The second-order valence-electron chi connectivity index (χ2n) is 4.10. The maximum Gasteiger partial charge on any atom is 0.322 e. The lowest BCUT2D eigenvalue weighted by molar-refractivity contribution is -0.137. The van der Waals surface area contributed by atoms with Crippen LogP contribution in [0.25, 0.3) is 0 Å². The summed E-state index contributed by atoms with van der Waals surface area (Å²) in [6.45, 7) is 0.206. The fourth-order valence-corrected chi connectivity index (χ4v) is 3.39. The van der Waals surface area contributed by atoms with E-state index < -0.39 is 21.7 Å². The zero-order valence-corrected chi connectivity index (χ0v) is 10.8. The first-order chi connectivity index (χ1) is 8.01. The molecule has 17 heavy (non-hydrogen) atoms. The molecule has 0 aromatic rings. The minimum absolute atomic E-state index is 0.0174. The molecule has 0 atom stereocenters. The summed E-state index contributed by atoms with van der Waals surface area (Å²) < 4.78 is 29.7. The van der Waals surface area contributed by atoms with Crippen LogP contribution in [0.1, 0.15) is 25.7 Å². The molecule has 0 unspecified atom stereocenters. The van der Waals surface area contributed by atoms with E-state index in [1.165, 1.54) is 11.4 Å². The number of nitrogens with zero attached hydrogens (tertiary/aromatic N) is 1. The average molecular weight is 265 g/mol. The van der Waals surface area contributed by atoms with Gasteiger partial charge >= 0.3 is 5.97 Å². The Morgan fingerprint density at radius 3 is 2.53 bits per heavy atom. The number of methoxy groups -OCH3 is 1. The molecule has 1 N–H and O–H groups in total. The minimum Gasteiger partial charge on any atom is -0.468 e. The SMILES string of the molecule is COC(=O)CS(=O)(=O)N(CCCO)C1CCC1. The van der Waals surface area contributed by atoms with Gasteiger partial charge in [0.1, 0.15) is 0 Å². The van der Waals surface area contributed by atoms with Crippen LogP contribution in [0.15, 0.2) is 0 Å². The normalized spacial score (nSPS) is 16.9. The molecule has 1 saturated carbocycles. The molecule has 0 aromatic carbocycles. The van der Waals surface area contributed by atoms with E-state index in [0.717, 1.165) is 19.3 Å². The molecule has 1 aliphatic rings. The summed E-state index contributed by atoms with van der Waals surface area (Å²) in [5.41, 5.74) is 0. The first-order valence-electron chi connectivity index (χ1n) is 5.68. The van der Waals surface area contributed by atoms with Gasteiger partial charge in [0, 0.05) is 19.2 Å². The number of sulfonamides is 1. The highest BCUT2D eigenvalue weighted by Gasteiger charge is 2.34. The molecule has 7 heteroatoms. The van der Waals surface area contributed by atoms with Gasteiger partial charge in [-0.3, -0.25) is 4.79 Å². The first kappa shape index (κ1) is 14.4. The fourth-order valence-electron chi connectivity index (χ4n) is 1.74. The second-order valence-corrected chi connectivity index (χ2v) is 6.03. The van der Waals surface area contributed by atoms with E-state index >= 15 is 0 Å². The Kier molecular flexibility index (Phi) is 5.35. The monoisotopic (exact) mass is 265 g/mol. The van der Waals surface area contributed by atoms with Crippen molar-refractivity contribution in [2.45, 2.75) is 31.7 Å². The third-order valence-electron chi connectivity index (χ3n) is 2.90. The molecular weight excluding hydrogens is 246 g/mol. The molecule has 0 heterocycles. The largest absolute Gasteiger partial charge is 0.468 e. The minimum atomic E-state index is -3.62. The Morgan fingerprint density at radius 2 is 2.12 bits per heavy atom. The Hall–Kier alpha value is -0.660. The third-order valence-corrected chi connectivity index (χ3v) is 4.70. The van der Waals surface area contributed by atoms with E-state index in [0.29, 0.717) is 6.42 Å². The average Bonchev–Trinajstić information content (AvgIpc) is 2.20. The van der Waals surface area contributed by atoms with Gasteiger partial charge in [-0.1, -0.05) is 6.42 Å². The van der Waals surface area contributed by atoms with E-state index in [4.69, 9.17) is 5.11 Å². The smallest absolute Gasteiger partial charge is 0.322 e. The van der Waals surface area contributed by atoms with Crippen LogP contribution in [0.3, 0.4) is 0 Å². The molecule has 0 spiro atoms. The van der Waals surface area contributed by atoms with E-state index in [1.54, 1.807) is 0 Å². The van der Waals surface area contributed by atoms with Crippen LogP contribution in [0.4, 0.5) is 0 Å². The third kappa shape index (κ3) is 3.93. The summed E-state index contributed by atoms with van der Waals surface area (Å²) in [4.78, 5) is 11.1. The van der Waals surface area contributed by atoms with Gasteiger partial charge in [-0.05, 0) is 19.3 Å². The van der Waals surface area contributed by atoms with Gasteiger partial charge in [0.2, 0.25) is 10.0 Å². The number of aliphatic hydroxyl groups is 1. The Labute approximate surface area is 102 Å². The number of carbonyl (C=O) groups is 1. The van der Waals surface area contributed by atoms with Crippen LogP contribution >= 0.6 is 0 Å². The maximum atomic E-state index is 12.0. The van der Waals surface area contributed by atoms with Crippen molar-refractivity contribution >= 4 is 16.0 Å². The van der Waals surface area contributed by atoms with Crippen LogP contribution in [0.2, 0.25) is 0 Å². The lowest BCUT2D eigenvalue weighted by atomic mass is 9.93. The standard InChI is InChI=1S/C10H19NO5S/c1-16-10(13)8-17(14,15)11(6-3-7-12)9-4-2-5-9/h9,12H,2-8H2,1H3. The van der Waals surface area contributed by atoms with Gasteiger partial charge < -0.3 is 9.84 Å². The summed E-state index contributed by atoms with van der Waals surface area (Å²) in [6.07, 6.45) is 3.04. The van der Waals surface area contributed by atoms with Crippen LogP contribution in [-0.4, -0.2) is 55.9 Å². The highest BCUT2D eigenvalue weighted by Crippen LogP contribution is 2.27. The van der Waals surface area contributed by atoms with Crippen molar-refractivity contribution in [3.63, 3.8) is 0 Å². The van der Waals surface area contributed by atoms with Crippen LogP contribution in [0.5, 0.6) is 0 Å². The van der Waals surface area contributed by atoms with Crippen molar-refractivity contribution in [2.24, 2.45) is 0 Å². The van der Waals surface area contributed by atoms with Crippen LogP contribution < -0.4 is 0 Å². The van der Waals surface area contributed by atoms with Crippen molar-refractivity contribution < 1.29 is 23.1 Å². The second kappa shape index (κ2) is 6.32. The summed E-state index contributed by atoms with van der Waals surface area (Å²) >= 11 is 0. The fraction of sp³-hybridized carbons (Fsp3) is 0.900. The quantitative estimate of drug-likeness (QED) is 0.640. The molecule has 1 rings (SSSR count). The summed E-state index contributed by atoms with van der Waals surface area (Å²) in [7, 11) is -2.45. The highest BCUT2D eigenvalue weighted by molar-refractivity contribution is 7.89. The molecule has 0 radical (unpaired) electrons. The Bertz CT molecular complexity index is 350. The zero-order chi connectivity index (χ0) is 12.9. The van der Waals surface area contributed by atoms with E-state index in [9.17, 15) is 13.2 Å². The number of hydrogen-bond acceptors (Lipinski definition) is 5. The molecule has 100 valence electrons. The van der Waals surface area contributed by atoms with Gasteiger partial charge in [-0.15, -0.1) is 0 Å². The summed E-state index contributed by atoms with van der Waals surface area (Å²) in [5.74, 6) is -1.37. The number of carbonyl (C=O) groups excluding carboxylic acids is 1. The topological polar surface area (TPSA) is 83.9 Å². The molecule has 0 bridgehead atoms. The predicted octanol–water partition coefficient (Wildman–Crippen LogP) is -0.274. The van der Waals surface area contributed by atoms with Crippen molar-refractivity contribution in [1.82, 2.24) is 4.31 Å². The molecule has 1 fully saturated rings. The van der Waals surface area contributed by atoms with Gasteiger partial charge in [-0.2, -0.15) is 4.31 Å². The van der Waals surface area contributed by atoms with Crippen molar-refractivity contribution in [3.8, 4) is 0 Å². The Balaban J connectivity index is 2.69. The molecule has 6 nitrogen and oxygen atoms in total. The molecule has 0 amide bonds. The van der Waals surface area contributed by atoms with Gasteiger partial charge in [0.05, 0.1) is 7.11 Å². The molecule has 0 aliphatic heterocycles. The maximum absolute atomic E-state index is 12.0. The van der Waals surface area contributed by atoms with Gasteiger partial charge in [0.25, 0.3) is 0 Å². The van der Waals surface area contributed by atoms with E-state index in [1.807, 2.05) is 0 Å². The summed E-state index contributed by atoms with van der Waals surface area (Å²) in [5, 5.41) is 8.77. The molecular formula is C10H19NO5S. The Morgan fingerprint density at radius 1 is 1.47 bits per heavy atom. The number of hydrogen-bond donors (Lipinski definition) is 1. The predicted molar refractivity (Wildman–Crippen MR) is 61.9 cm³/mol. The number of esters is 1. The number of ether oxygens (including phenoxy) is 1. The lowest BCUT2D eigenvalue weighted by Gasteiger charge is -2.36. The van der Waals surface area contributed by atoms with E-state index in [-0.39, 0.29) is 19.2 Å².